The van der Waals surface area contributed by atoms with Crippen LogP contribution in [0.2, 0.25) is 0 Å². The minimum Gasteiger partial charge on any atom is -0.451 e. The zero-order chi connectivity index (χ0) is 19.5. The number of halogens is 2. The van der Waals surface area contributed by atoms with Gasteiger partial charge in [-0.3, -0.25) is 4.79 Å². The molecule has 0 bridgehead atoms. The summed E-state index contributed by atoms with van der Waals surface area (Å²) >= 11 is 1.84. The smallest absolute Gasteiger partial charge is 0.291 e. The highest BCUT2D eigenvalue weighted by Crippen LogP contribution is 2.35. The zero-order valence-corrected chi connectivity index (χ0v) is 16.2. The molecule has 0 aliphatic heterocycles. The van der Waals surface area contributed by atoms with Crippen LogP contribution in [0, 0.1) is 11.6 Å². The molecule has 1 aromatic heterocycles. The second-order valence-electron chi connectivity index (χ2n) is 7.06. The van der Waals surface area contributed by atoms with Crippen LogP contribution in [0.4, 0.5) is 14.5 Å². The number of fused-ring (bicyclic) bond motifs is 1. The van der Waals surface area contributed by atoms with Gasteiger partial charge in [-0.05, 0) is 31.0 Å². The van der Waals surface area contributed by atoms with Crippen LogP contribution in [0.15, 0.2) is 46.9 Å². The molecule has 3 aromatic rings. The van der Waals surface area contributed by atoms with E-state index in [0.29, 0.717) is 16.6 Å². The molecule has 2 aromatic carbocycles. The van der Waals surface area contributed by atoms with Gasteiger partial charge in [0.15, 0.2) is 5.76 Å². The van der Waals surface area contributed by atoms with Gasteiger partial charge in [0.1, 0.15) is 17.2 Å². The van der Waals surface area contributed by atoms with E-state index in [1.54, 1.807) is 0 Å². The Bertz CT molecular complexity index is 995. The van der Waals surface area contributed by atoms with Gasteiger partial charge >= 0.3 is 0 Å². The Hall–Kier alpha value is -2.34. The molecule has 1 heterocycles. The van der Waals surface area contributed by atoms with Crippen LogP contribution in [0.25, 0.3) is 11.0 Å². The van der Waals surface area contributed by atoms with Crippen molar-refractivity contribution >= 4 is 34.3 Å². The van der Waals surface area contributed by atoms with Gasteiger partial charge in [-0.1, -0.05) is 37.5 Å². The fraction of sp³-hybridized carbons (Fsp3) is 0.318. The molecular formula is C22H21F2NO2S. The van der Waals surface area contributed by atoms with E-state index >= 15 is 0 Å². The topological polar surface area (TPSA) is 42.2 Å². The molecule has 0 atom stereocenters. The molecular weight excluding hydrogens is 380 g/mol. The van der Waals surface area contributed by atoms with Gasteiger partial charge < -0.3 is 9.73 Å². The van der Waals surface area contributed by atoms with E-state index in [-0.39, 0.29) is 11.4 Å². The minimum atomic E-state index is -0.691. The van der Waals surface area contributed by atoms with Crippen LogP contribution in [0.3, 0.4) is 0 Å². The molecule has 1 amide bonds. The fourth-order valence-electron chi connectivity index (χ4n) is 3.63. The number of rotatable bonds is 5. The molecule has 28 heavy (non-hydrogen) atoms. The van der Waals surface area contributed by atoms with Crippen LogP contribution in [-0.2, 0) is 5.75 Å². The van der Waals surface area contributed by atoms with E-state index in [1.165, 1.54) is 32.1 Å². The number of carbonyl (C=O) groups excluding carboxylic acids is 1. The Morgan fingerprint density at radius 1 is 1.11 bits per heavy atom. The summed E-state index contributed by atoms with van der Waals surface area (Å²) in [4.78, 5) is 12.8. The van der Waals surface area contributed by atoms with Crippen LogP contribution in [-0.4, -0.2) is 11.2 Å². The van der Waals surface area contributed by atoms with Crippen molar-refractivity contribution in [2.24, 2.45) is 0 Å². The molecule has 1 N–H and O–H groups in total. The third-order valence-corrected chi connectivity index (χ3v) is 6.49. The Labute approximate surface area is 166 Å². The van der Waals surface area contributed by atoms with Gasteiger partial charge in [0.05, 0.1) is 5.69 Å². The van der Waals surface area contributed by atoms with Gasteiger partial charge in [-0.15, -0.1) is 0 Å². The summed E-state index contributed by atoms with van der Waals surface area (Å²) in [6, 6.07) is 10.4. The summed E-state index contributed by atoms with van der Waals surface area (Å²) in [5.41, 5.74) is 1.23. The minimum absolute atomic E-state index is 0.160. The van der Waals surface area contributed by atoms with Crippen LogP contribution in [0.5, 0.6) is 0 Å². The van der Waals surface area contributed by atoms with Crippen molar-refractivity contribution < 1.29 is 18.0 Å². The molecule has 0 radical (unpaired) electrons. The van der Waals surface area contributed by atoms with Gasteiger partial charge in [0.2, 0.25) is 0 Å². The Balaban J connectivity index is 1.61. The van der Waals surface area contributed by atoms with Crippen LogP contribution >= 0.6 is 11.8 Å². The molecule has 0 saturated heterocycles. The van der Waals surface area contributed by atoms with Crippen molar-refractivity contribution in [1.82, 2.24) is 0 Å². The van der Waals surface area contributed by atoms with E-state index in [1.807, 2.05) is 36.0 Å². The number of hydrogen-bond donors (Lipinski definition) is 1. The third kappa shape index (κ3) is 4.07. The third-order valence-electron chi connectivity index (χ3n) is 5.10. The number of thioether (sulfide) groups is 1. The standard InChI is InChI=1S/C22H21F2NO2S/c23-14-10-11-18(24)19(12-14)25-22(26)21-17(13-28-15-6-2-1-3-7-15)16-8-4-5-9-20(16)27-21/h4-5,8-12,15H,1-3,6-7,13H2,(H,25,26). The quantitative estimate of drug-likeness (QED) is 0.528. The maximum absolute atomic E-state index is 13.9. The summed E-state index contributed by atoms with van der Waals surface area (Å²) in [6.07, 6.45) is 6.16. The largest absolute Gasteiger partial charge is 0.451 e. The normalized spacial score (nSPS) is 15.1. The maximum atomic E-state index is 13.9. The molecule has 3 nitrogen and oxygen atoms in total. The highest BCUT2D eigenvalue weighted by Gasteiger charge is 2.23. The molecule has 1 fully saturated rings. The first-order valence-corrected chi connectivity index (χ1v) is 10.5. The molecule has 6 heteroatoms. The summed E-state index contributed by atoms with van der Waals surface area (Å²) in [5, 5.41) is 3.92. The van der Waals surface area contributed by atoms with E-state index in [9.17, 15) is 13.6 Å². The lowest BCUT2D eigenvalue weighted by atomic mass is 10.0. The summed E-state index contributed by atoms with van der Waals surface area (Å²) in [6.45, 7) is 0. The second-order valence-corrected chi connectivity index (χ2v) is 8.34. The lowest BCUT2D eigenvalue weighted by Gasteiger charge is -2.20. The van der Waals surface area contributed by atoms with Crippen molar-refractivity contribution in [2.45, 2.75) is 43.1 Å². The highest BCUT2D eigenvalue weighted by atomic mass is 32.2. The number of anilines is 1. The van der Waals surface area contributed by atoms with Crippen LogP contribution < -0.4 is 5.32 Å². The lowest BCUT2D eigenvalue weighted by molar-refractivity contribution is 0.0997. The maximum Gasteiger partial charge on any atom is 0.291 e. The lowest BCUT2D eigenvalue weighted by Crippen LogP contribution is -2.14. The van der Waals surface area contributed by atoms with Gasteiger partial charge in [-0.25, -0.2) is 8.78 Å². The SMILES string of the molecule is O=C(Nc1cc(F)ccc1F)c1oc2ccccc2c1CSC1CCCCC1. The monoisotopic (exact) mass is 401 g/mol. The Morgan fingerprint density at radius 3 is 2.71 bits per heavy atom. The van der Waals surface area contributed by atoms with Crippen molar-refractivity contribution in [1.29, 1.82) is 0 Å². The second kappa shape index (κ2) is 8.35. The molecule has 1 aliphatic rings. The van der Waals surface area contributed by atoms with Gasteiger partial charge in [0.25, 0.3) is 5.91 Å². The van der Waals surface area contributed by atoms with Crippen molar-refractivity contribution in [3.63, 3.8) is 0 Å². The summed E-state index contributed by atoms with van der Waals surface area (Å²) in [5.74, 6) is -1.07. The van der Waals surface area contributed by atoms with E-state index in [2.05, 4.69) is 5.32 Å². The van der Waals surface area contributed by atoms with Crippen LogP contribution in [0.1, 0.15) is 48.2 Å². The average molecular weight is 401 g/mol. The van der Waals surface area contributed by atoms with Gasteiger partial charge in [-0.2, -0.15) is 11.8 Å². The van der Waals surface area contributed by atoms with E-state index in [4.69, 9.17) is 4.42 Å². The number of para-hydroxylation sites is 1. The summed E-state index contributed by atoms with van der Waals surface area (Å²) in [7, 11) is 0. The number of benzene rings is 2. The number of amides is 1. The summed E-state index contributed by atoms with van der Waals surface area (Å²) < 4.78 is 33.2. The molecule has 1 aliphatic carbocycles. The number of nitrogens with one attached hydrogen (secondary N) is 1. The van der Waals surface area contributed by atoms with Crippen molar-refractivity contribution in [3.8, 4) is 0 Å². The molecule has 1 saturated carbocycles. The molecule has 4 rings (SSSR count). The van der Waals surface area contributed by atoms with Crippen molar-refractivity contribution in [3.05, 3.63) is 65.4 Å². The fourth-order valence-corrected chi connectivity index (χ4v) is 4.99. The Kier molecular flexibility index (Phi) is 5.67. The van der Waals surface area contributed by atoms with Crippen molar-refractivity contribution in [2.75, 3.05) is 5.32 Å². The number of carbonyl (C=O) groups is 1. The first kappa shape index (κ1) is 19.0. The average Bonchev–Trinajstić information content (AvgIpc) is 3.09. The first-order valence-electron chi connectivity index (χ1n) is 9.50. The zero-order valence-electron chi connectivity index (χ0n) is 15.3. The predicted molar refractivity (Wildman–Crippen MR) is 109 cm³/mol. The predicted octanol–water partition coefficient (Wildman–Crippen LogP) is 6.53. The highest BCUT2D eigenvalue weighted by molar-refractivity contribution is 7.99. The number of furan rings is 1. The Morgan fingerprint density at radius 2 is 1.89 bits per heavy atom. The molecule has 0 spiro atoms. The van der Waals surface area contributed by atoms with Gasteiger partial charge in [0, 0.05) is 28.0 Å². The molecule has 146 valence electrons. The molecule has 0 unspecified atom stereocenters. The van der Waals surface area contributed by atoms with E-state index < -0.39 is 17.5 Å². The number of hydrogen-bond acceptors (Lipinski definition) is 3. The van der Waals surface area contributed by atoms with E-state index in [0.717, 1.165) is 29.1 Å². The first-order chi connectivity index (χ1) is 13.6.